The van der Waals surface area contributed by atoms with Gasteiger partial charge in [-0.25, -0.2) is 0 Å². The Hall–Kier alpha value is -0.0400. The Kier molecular flexibility index (Phi) is 6.24. The van der Waals surface area contributed by atoms with Crippen molar-refractivity contribution in [1.29, 1.82) is 0 Å². The van der Waals surface area contributed by atoms with Gasteiger partial charge >= 0.3 is 0 Å². The highest BCUT2D eigenvalue weighted by atomic mass is 16.3. The van der Waals surface area contributed by atoms with Crippen LogP contribution in [0.1, 0.15) is 96.8 Å². The van der Waals surface area contributed by atoms with Crippen molar-refractivity contribution in [3.8, 4) is 0 Å². The van der Waals surface area contributed by atoms with E-state index in [1.54, 1.807) is 0 Å². The fourth-order valence-electron chi connectivity index (χ4n) is 6.07. The van der Waals surface area contributed by atoms with Crippen LogP contribution in [-0.4, -0.2) is 11.2 Å². The molecular formula is C21H38O. The van der Waals surface area contributed by atoms with Crippen LogP contribution in [0, 0.1) is 29.6 Å². The van der Waals surface area contributed by atoms with Crippen molar-refractivity contribution in [2.75, 3.05) is 0 Å². The van der Waals surface area contributed by atoms with Crippen molar-refractivity contribution < 1.29 is 5.11 Å². The van der Waals surface area contributed by atoms with Crippen LogP contribution in [0.15, 0.2) is 0 Å². The first-order chi connectivity index (χ1) is 10.8. The topological polar surface area (TPSA) is 20.2 Å². The second-order valence-corrected chi connectivity index (χ2v) is 8.82. The third kappa shape index (κ3) is 4.28. The number of aliphatic hydroxyl groups is 1. The summed E-state index contributed by atoms with van der Waals surface area (Å²) in [5, 5.41) is 9.93. The Balaban J connectivity index is 1.40. The highest BCUT2D eigenvalue weighted by Crippen LogP contribution is 2.45. The van der Waals surface area contributed by atoms with Crippen molar-refractivity contribution in [2.24, 2.45) is 29.6 Å². The molecule has 3 aliphatic rings. The number of hydrogen-bond donors (Lipinski definition) is 1. The number of hydrogen-bond acceptors (Lipinski definition) is 1. The van der Waals surface area contributed by atoms with Crippen molar-refractivity contribution in [1.82, 2.24) is 0 Å². The number of aliphatic hydroxyl groups excluding tert-OH is 1. The zero-order valence-electron chi connectivity index (χ0n) is 14.8. The van der Waals surface area contributed by atoms with E-state index in [1.165, 1.54) is 77.0 Å². The zero-order chi connectivity index (χ0) is 15.4. The van der Waals surface area contributed by atoms with Gasteiger partial charge in [0.25, 0.3) is 0 Å². The molecular weight excluding hydrogens is 268 g/mol. The maximum atomic E-state index is 9.93. The van der Waals surface area contributed by atoms with Gasteiger partial charge in [-0.1, -0.05) is 39.0 Å². The summed E-state index contributed by atoms with van der Waals surface area (Å²) >= 11 is 0. The van der Waals surface area contributed by atoms with Crippen LogP contribution in [0.4, 0.5) is 0 Å². The third-order valence-corrected chi connectivity index (χ3v) is 7.43. The van der Waals surface area contributed by atoms with Crippen molar-refractivity contribution in [3.63, 3.8) is 0 Å². The van der Waals surface area contributed by atoms with E-state index in [-0.39, 0.29) is 6.10 Å². The van der Waals surface area contributed by atoms with Crippen molar-refractivity contribution in [2.45, 2.75) is 103 Å². The Labute approximate surface area is 138 Å². The maximum Gasteiger partial charge on any atom is 0.0543 e. The monoisotopic (exact) mass is 306 g/mol. The molecule has 1 heteroatoms. The normalized spacial score (nSPS) is 43.9. The molecule has 0 radical (unpaired) electrons. The molecule has 1 N–H and O–H groups in total. The molecule has 0 aromatic carbocycles. The Morgan fingerprint density at radius 1 is 0.682 bits per heavy atom. The summed E-state index contributed by atoms with van der Waals surface area (Å²) in [6.07, 6.45) is 19.8. The first-order valence-corrected chi connectivity index (χ1v) is 10.4. The van der Waals surface area contributed by atoms with Crippen LogP contribution in [0.25, 0.3) is 0 Å². The largest absolute Gasteiger partial charge is 0.393 e. The summed E-state index contributed by atoms with van der Waals surface area (Å²) in [5.74, 6) is 4.97. The van der Waals surface area contributed by atoms with Crippen LogP contribution in [0.2, 0.25) is 0 Å². The molecule has 0 aromatic heterocycles. The molecule has 1 nitrogen and oxygen atoms in total. The zero-order valence-corrected chi connectivity index (χ0v) is 14.8. The van der Waals surface area contributed by atoms with E-state index >= 15 is 0 Å². The smallest absolute Gasteiger partial charge is 0.0543 e. The summed E-state index contributed by atoms with van der Waals surface area (Å²) in [7, 11) is 0. The maximum absolute atomic E-state index is 9.93. The van der Waals surface area contributed by atoms with E-state index in [4.69, 9.17) is 0 Å². The minimum atomic E-state index is 0.0188. The fourth-order valence-corrected chi connectivity index (χ4v) is 6.07. The predicted octanol–water partition coefficient (Wildman–Crippen LogP) is 5.95. The molecule has 0 aliphatic heterocycles. The van der Waals surface area contributed by atoms with Crippen molar-refractivity contribution >= 4 is 0 Å². The lowest BCUT2D eigenvalue weighted by molar-refractivity contribution is 0.0554. The van der Waals surface area contributed by atoms with Gasteiger partial charge in [0.15, 0.2) is 0 Å². The van der Waals surface area contributed by atoms with Gasteiger partial charge in [-0.15, -0.1) is 0 Å². The lowest BCUT2D eigenvalue weighted by Gasteiger charge is -2.41. The van der Waals surface area contributed by atoms with Crippen LogP contribution >= 0.6 is 0 Å². The lowest BCUT2D eigenvalue weighted by Crippen LogP contribution is -2.31. The van der Waals surface area contributed by atoms with Gasteiger partial charge in [0.05, 0.1) is 6.10 Å². The second kappa shape index (κ2) is 8.18. The van der Waals surface area contributed by atoms with Crippen LogP contribution in [0.3, 0.4) is 0 Å². The van der Waals surface area contributed by atoms with Crippen molar-refractivity contribution in [3.05, 3.63) is 0 Å². The third-order valence-electron chi connectivity index (χ3n) is 7.43. The SMILES string of the molecule is CCCC1CCC(C2CCC(C3CCCC(O)C3)CC2)CC1. The van der Waals surface area contributed by atoms with E-state index in [9.17, 15) is 5.11 Å². The van der Waals surface area contributed by atoms with E-state index in [2.05, 4.69) is 6.92 Å². The molecule has 0 aromatic rings. The minimum Gasteiger partial charge on any atom is -0.393 e. The van der Waals surface area contributed by atoms with Gasteiger partial charge in [-0.05, 0) is 87.4 Å². The van der Waals surface area contributed by atoms with Gasteiger partial charge in [0.1, 0.15) is 0 Å². The molecule has 3 rings (SSSR count). The summed E-state index contributed by atoms with van der Waals surface area (Å²) in [6.45, 7) is 2.34. The Morgan fingerprint density at radius 2 is 1.23 bits per heavy atom. The first kappa shape index (κ1) is 16.8. The van der Waals surface area contributed by atoms with E-state index < -0.39 is 0 Å². The molecule has 3 fully saturated rings. The summed E-state index contributed by atoms with van der Waals surface area (Å²) in [4.78, 5) is 0. The molecule has 2 atom stereocenters. The first-order valence-electron chi connectivity index (χ1n) is 10.4. The Morgan fingerprint density at radius 3 is 1.77 bits per heavy atom. The molecule has 3 saturated carbocycles. The van der Waals surface area contributed by atoms with Gasteiger partial charge in [-0.3, -0.25) is 0 Å². The lowest BCUT2D eigenvalue weighted by atomic mass is 9.65. The van der Waals surface area contributed by atoms with Crippen LogP contribution in [0.5, 0.6) is 0 Å². The molecule has 0 bridgehead atoms. The standard InChI is InChI=1S/C21H38O/c1-2-4-16-7-9-17(10-8-16)18-11-13-19(14-12-18)20-5-3-6-21(22)15-20/h16-22H,2-15H2,1H3. The molecule has 0 amide bonds. The molecule has 3 aliphatic carbocycles. The molecule has 128 valence electrons. The summed E-state index contributed by atoms with van der Waals surface area (Å²) in [6, 6.07) is 0. The van der Waals surface area contributed by atoms with Gasteiger partial charge in [0, 0.05) is 0 Å². The van der Waals surface area contributed by atoms with Gasteiger partial charge in [0.2, 0.25) is 0 Å². The van der Waals surface area contributed by atoms with Crippen LogP contribution in [-0.2, 0) is 0 Å². The Bertz CT molecular complexity index is 310. The predicted molar refractivity (Wildman–Crippen MR) is 93.8 cm³/mol. The van der Waals surface area contributed by atoms with Crippen LogP contribution < -0.4 is 0 Å². The summed E-state index contributed by atoms with van der Waals surface area (Å²) in [5.41, 5.74) is 0. The van der Waals surface area contributed by atoms with Gasteiger partial charge in [-0.2, -0.15) is 0 Å². The highest BCUT2D eigenvalue weighted by Gasteiger charge is 2.34. The van der Waals surface area contributed by atoms with Gasteiger partial charge < -0.3 is 5.11 Å². The molecule has 0 saturated heterocycles. The average molecular weight is 307 g/mol. The minimum absolute atomic E-state index is 0.0188. The molecule has 2 unspecified atom stereocenters. The average Bonchev–Trinajstić information content (AvgIpc) is 2.56. The molecule has 0 heterocycles. The molecule has 22 heavy (non-hydrogen) atoms. The quantitative estimate of drug-likeness (QED) is 0.680. The highest BCUT2D eigenvalue weighted by molar-refractivity contribution is 4.86. The summed E-state index contributed by atoms with van der Waals surface area (Å²) < 4.78 is 0. The molecule has 0 spiro atoms. The van der Waals surface area contributed by atoms with E-state index in [0.29, 0.717) is 0 Å². The number of rotatable bonds is 4. The fraction of sp³-hybridized carbons (Fsp3) is 1.00. The van der Waals surface area contributed by atoms with E-state index in [1.807, 2.05) is 0 Å². The second-order valence-electron chi connectivity index (χ2n) is 8.82. The van der Waals surface area contributed by atoms with E-state index in [0.717, 1.165) is 42.4 Å².